The summed E-state index contributed by atoms with van der Waals surface area (Å²) in [6.07, 6.45) is 0. The first-order valence-electron chi connectivity index (χ1n) is 9.43. The van der Waals surface area contributed by atoms with Crippen LogP contribution in [0.3, 0.4) is 0 Å². The van der Waals surface area contributed by atoms with Gasteiger partial charge in [-0.2, -0.15) is 0 Å². The van der Waals surface area contributed by atoms with E-state index < -0.39 is 17.9 Å². The molecule has 0 fully saturated rings. The monoisotopic (exact) mass is 400 g/mol. The molecule has 0 aliphatic rings. The predicted octanol–water partition coefficient (Wildman–Crippen LogP) is 2.83. The van der Waals surface area contributed by atoms with Gasteiger partial charge in [-0.1, -0.05) is 13.8 Å². The molecule has 29 heavy (non-hydrogen) atoms. The van der Waals surface area contributed by atoms with E-state index in [0.717, 1.165) is 11.4 Å². The molecule has 0 saturated heterocycles. The topological polar surface area (TPSA) is 86.6 Å². The first-order valence-corrected chi connectivity index (χ1v) is 9.43. The number of aryl methyl sites for hydroxylation is 1. The molecule has 0 unspecified atom stereocenters. The van der Waals surface area contributed by atoms with Gasteiger partial charge < -0.3 is 19.4 Å². The van der Waals surface area contributed by atoms with Crippen molar-refractivity contribution >= 4 is 17.7 Å². The molecular formula is C22H28N2O5. The van der Waals surface area contributed by atoms with Crippen molar-refractivity contribution in [3.63, 3.8) is 0 Å². The number of nitrogens with one attached hydrogen (secondary N) is 1. The maximum atomic E-state index is 12.5. The van der Waals surface area contributed by atoms with Crippen molar-refractivity contribution in [2.75, 3.05) is 13.7 Å². The van der Waals surface area contributed by atoms with Crippen molar-refractivity contribution < 1.29 is 23.9 Å². The molecule has 1 atom stereocenters. The van der Waals surface area contributed by atoms with E-state index in [1.165, 1.54) is 0 Å². The minimum Gasteiger partial charge on any atom is -0.497 e. The lowest BCUT2D eigenvalue weighted by Crippen LogP contribution is -2.45. The third-order valence-electron chi connectivity index (χ3n) is 4.98. The number of hydrogen-bond donors (Lipinski definition) is 1. The lowest BCUT2D eigenvalue weighted by molar-refractivity contribution is -0.145. The quantitative estimate of drug-likeness (QED) is 0.544. The van der Waals surface area contributed by atoms with Crippen LogP contribution in [0.5, 0.6) is 5.75 Å². The Kier molecular flexibility index (Phi) is 7.20. The van der Waals surface area contributed by atoms with Crippen molar-refractivity contribution in [3.05, 3.63) is 52.8 Å². The average molecular weight is 400 g/mol. The number of nitrogens with zero attached hydrogens (tertiary/aromatic N) is 1. The lowest BCUT2D eigenvalue weighted by atomic mass is 10.0. The molecule has 0 radical (unpaired) electrons. The third kappa shape index (κ3) is 5.25. The molecule has 7 heteroatoms. The van der Waals surface area contributed by atoms with Crippen molar-refractivity contribution in [1.82, 2.24) is 9.88 Å². The van der Waals surface area contributed by atoms with Crippen molar-refractivity contribution in [3.8, 4) is 5.75 Å². The largest absolute Gasteiger partial charge is 0.497 e. The minimum absolute atomic E-state index is 0.208. The number of Topliss-reactive ketones (excluding diaryl/α,β-unsaturated/α-hetero) is 1. The Morgan fingerprint density at radius 3 is 2.21 bits per heavy atom. The van der Waals surface area contributed by atoms with Gasteiger partial charge in [0.15, 0.2) is 6.61 Å². The van der Waals surface area contributed by atoms with E-state index in [2.05, 4.69) is 5.32 Å². The van der Waals surface area contributed by atoms with Crippen LogP contribution in [-0.2, 0) is 16.6 Å². The van der Waals surface area contributed by atoms with Crippen LogP contribution in [-0.4, -0.2) is 42.0 Å². The zero-order valence-electron chi connectivity index (χ0n) is 17.7. The molecule has 1 aromatic heterocycles. The number of ketones is 1. The number of rotatable bonds is 8. The summed E-state index contributed by atoms with van der Waals surface area (Å²) in [7, 11) is 3.41. The standard InChI is InChI=1S/C22H28N2O5/c1-13(2)20(23-21(26)16-7-9-17(28-6)10-8-16)22(27)29-12-19(25)18-11-14(3)24(5)15(18)4/h7-11,13,20H,12H2,1-6H3,(H,23,26)/t20-/m0/s1. The van der Waals surface area contributed by atoms with E-state index in [0.29, 0.717) is 16.9 Å². The van der Waals surface area contributed by atoms with E-state index in [-0.39, 0.29) is 18.3 Å². The van der Waals surface area contributed by atoms with Crippen LogP contribution in [0.25, 0.3) is 0 Å². The molecule has 0 aliphatic carbocycles. The highest BCUT2D eigenvalue weighted by Gasteiger charge is 2.27. The van der Waals surface area contributed by atoms with Crippen LogP contribution in [0.2, 0.25) is 0 Å². The van der Waals surface area contributed by atoms with Gasteiger partial charge in [0, 0.05) is 29.6 Å². The third-order valence-corrected chi connectivity index (χ3v) is 4.98. The Morgan fingerprint density at radius 1 is 1.10 bits per heavy atom. The summed E-state index contributed by atoms with van der Waals surface area (Å²) in [4.78, 5) is 37.5. The number of ether oxygens (including phenoxy) is 2. The number of methoxy groups -OCH3 is 1. The van der Waals surface area contributed by atoms with Gasteiger partial charge in [-0.3, -0.25) is 9.59 Å². The molecule has 1 N–H and O–H groups in total. The van der Waals surface area contributed by atoms with Crippen LogP contribution in [0, 0.1) is 19.8 Å². The highest BCUT2D eigenvalue weighted by molar-refractivity contribution is 6.00. The molecule has 156 valence electrons. The number of carbonyl (C=O) groups excluding carboxylic acids is 3. The Bertz CT molecular complexity index is 897. The molecule has 0 bridgehead atoms. The van der Waals surface area contributed by atoms with Crippen molar-refractivity contribution in [2.24, 2.45) is 13.0 Å². The molecule has 0 saturated carbocycles. The fourth-order valence-electron chi connectivity index (χ4n) is 2.91. The minimum atomic E-state index is -0.865. The number of hydrogen-bond acceptors (Lipinski definition) is 5. The average Bonchev–Trinajstić information content (AvgIpc) is 2.97. The predicted molar refractivity (Wildman–Crippen MR) is 109 cm³/mol. The first kappa shape index (κ1) is 22.2. The highest BCUT2D eigenvalue weighted by atomic mass is 16.5. The summed E-state index contributed by atoms with van der Waals surface area (Å²) in [5.74, 6) is -0.889. The Hall–Kier alpha value is -3.09. The molecule has 1 amide bonds. The zero-order valence-corrected chi connectivity index (χ0v) is 17.7. The molecular weight excluding hydrogens is 372 g/mol. The molecule has 2 aromatic rings. The summed E-state index contributed by atoms with van der Waals surface area (Å²) in [6.45, 7) is 6.97. The van der Waals surface area contributed by atoms with Gasteiger partial charge in [-0.25, -0.2) is 4.79 Å². The Labute approximate surface area is 171 Å². The van der Waals surface area contributed by atoms with Gasteiger partial charge in [-0.05, 0) is 50.1 Å². The molecule has 0 aliphatic heterocycles. The van der Waals surface area contributed by atoms with E-state index in [9.17, 15) is 14.4 Å². The molecule has 0 spiro atoms. The van der Waals surface area contributed by atoms with Gasteiger partial charge in [0.1, 0.15) is 11.8 Å². The lowest BCUT2D eigenvalue weighted by Gasteiger charge is -2.20. The van der Waals surface area contributed by atoms with E-state index >= 15 is 0 Å². The molecule has 1 aromatic carbocycles. The van der Waals surface area contributed by atoms with Gasteiger partial charge in [0.05, 0.1) is 7.11 Å². The second-order valence-corrected chi connectivity index (χ2v) is 7.30. The summed E-state index contributed by atoms with van der Waals surface area (Å²) in [6, 6.07) is 7.47. The zero-order chi connectivity index (χ0) is 21.7. The van der Waals surface area contributed by atoms with E-state index in [1.54, 1.807) is 51.3 Å². The van der Waals surface area contributed by atoms with Crippen molar-refractivity contribution in [2.45, 2.75) is 33.7 Å². The number of benzene rings is 1. The second-order valence-electron chi connectivity index (χ2n) is 7.30. The molecule has 7 nitrogen and oxygen atoms in total. The normalized spacial score (nSPS) is 11.8. The second kappa shape index (κ2) is 9.41. The van der Waals surface area contributed by atoms with Gasteiger partial charge >= 0.3 is 5.97 Å². The smallest absolute Gasteiger partial charge is 0.329 e. The van der Waals surface area contributed by atoms with Crippen LogP contribution < -0.4 is 10.1 Å². The van der Waals surface area contributed by atoms with Gasteiger partial charge in [-0.15, -0.1) is 0 Å². The number of esters is 1. The van der Waals surface area contributed by atoms with Crippen molar-refractivity contribution in [1.29, 1.82) is 0 Å². The molecule has 1 heterocycles. The number of amides is 1. The summed E-state index contributed by atoms with van der Waals surface area (Å²) < 4.78 is 12.2. The fraction of sp³-hybridized carbons (Fsp3) is 0.409. The number of carbonyl (C=O) groups is 3. The van der Waals surface area contributed by atoms with Crippen LogP contribution >= 0.6 is 0 Å². The summed E-state index contributed by atoms with van der Waals surface area (Å²) in [5.41, 5.74) is 2.69. The molecule has 2 rings (SSSR count). The van der Waals surface area contributed by atoms with Crippen LogP contribution in [0.15, 0.2) is 30.3 Å². The summed E-state index contributed by atoms with van der Waals surface area (Å²) in [5, 5.41) is 2.69. The van der Waals surface area contributed by atoms with E-state index in [4.69, 9.17) is 9.47 Å². The maximum Gasteiger partial charge on any atom is 0.329 e. The highest BCUT2D eigenvalue weighted by Crippen LogP contribution is 2.15. The number of aromatic nitrogens is 1. The Balaban J connectivity index is 2.02. The van der Waals surface area contributed by atoms with Gasteiger partial charge in [0.2, 0.25) is 5.78 Å². The van der Waals surface area contributed by atoms with E-state index in [1.807, 2.05) is 25.5 Å². The SMILES string of the molecule is COc1ccc(C(=O)N[C@H](C(=O)OCC(=O)c2cc(C)n(C)c2C)C(C)C)cc1. The van der Waals surface area contributed by atoms with Gasteiger partial charge in [0.25, 0.3) is 5.91 Å². The first-order chi connectivity index (χ1) is 13.6. The Morgan fingerprint density at radius 2 is 1.72 bits per heavy atom. The fourth-order valence-corrected chi connectivity index (χ4v) is 2.91. The van der Waals surface area contributed by atoms with Crippen LogP contribution in [0.4, 0.5) is 0 Å². The van der Waals surface area contributed by atoms with Crippen LogP contribution in [0.1, 0.15) is 46.0 Å². The maximum absolute atomic E-state index is 12.5. The summed E-state index contributed by atoms with van der Waals surface area (Å²) >= 11 is 0.